The second kappa shape index (κ2) is 7.41. The van der Waals surface area contributed by atoms with Gasteiger partial charge in [-0.25, -0.2) is 4.39 Å². The first-order valence-electron chi connectivity index (χ1n) is 6.33. The van der Waals surface area contributed by atoms with Gasteiger partial charge in [0.05, 0.1) is 6.61 Å². The van der Waals surface area contributed by atoms with Crippen molar-refractivity contribution in [2.45, 2.75) is 11.8 Å². The fourth-order valence-electron chi connectivity index (χ4n) is 1.83. The summed E-state index contributed by atoms with van der Waals surface area (Å²) in [5.41, 5.74) is 1.95. The molecule has 0 unspecified atom stereocenters. The van der Waals surface area contributed by atoms with Crippen LogP contribution < -0.4 is 4.74 Å². The molecule has 0 fully saturated rings. The van der Waals surface area contributed by atoms with Gasteiger partial charge in [-0.15, -0.1) is 0 Å². The van der Waals surface area contributed by atoms with E-state index in [0.717, 1.165) is 17.5 Å². The van der Waals surface area contributed by atoms with Gasteiger partial charge < -0.3 is 9.47 Å². The van der Waals surface area contributed by atoms with Crippen LogP contribution in [0.25, 0.3) is 0 Å². The maximum atomic E-state index is 13.8. The van der Waals surface area contributed by atoms with Crippen molar-refractivity contribution in [3.63, 3.8) is 0 Å². The molecule has 0 aromatic heterocycles. The number of methoxy groups -OCH3 is 1. The van der Waals surface area contributed by atoms with Crippen molar-refractivity contribution in [2.24, 2.45) is 0 Å². The number of halogens is 2. The molecule has 0 bridgehead atoms. The largest absolute Gasteiger partial charge is 0.454 e. The van der Waals surface area contributed by atoms with E-state index in [1.807, 2.05) is 30.3 Å². The fraction of sp³-hybridized carbons (Fsp3) is 0.250. The standard InChI is InChI=1S/C16H16BrFO2/c1-19-10-9-12-5-7-14(8-6-12)20-16-13(11-17)3-2-4-15(16)18/h2-8H,9-11H2,1H3. The quantitative estimate of drug-likeness (QED) is 0.710. The molecule has 2 nitrogen and oxygen atoms in total. The minimum absolute atomic E-state index is 0.272. The molecule has 106 valence electrons. The number of rotatable bonds is 6. The van der Waals surface area contributed by atoms with Gasteiger partial charge >= 0.3 is 0 Å². The zero-order valence-corrected chi connectivity index (χ0v) is 12.8. The summed E-state index contributed by atoms with van der Waals surface area (Å²) in [6.07, 6.45) is 0.850. The first kappa shape index (κ1) is 15.0. The Morgan fingerprint density at radius 2 is 1.85 bits per heavy atom. The zero-order chi connectivity index (χ0) is 14.4. The van der Waals surface area contributed by atoms with Crippen LogP contribution in [-0.2, 0) is 16.5 Å². The van der Waals surface area contributed by atoms with Gasteiger partial charge in [-0.1, -0.05) is 40.2 Å². The van der Waals surface area contributed by atoms with Crippen LogP contribution in [0, 0.1) is 5.82 Å². The molecule has 2 aromatic rings. The van der Waals surface area contributed by atoms with E-state index in [-0.39, 0.29) is 11.6 Å². The number of hydrogen-bond donors (Lipinski definition) is 0. The van der Waals surface area contributed by atoms with E-state index in [0.29, 0.717) is 17.7 Å². The van der Waals surface area contributed by atoms with Crippen LogP contribution in [0.5, 0.6) is 11.5 Å². The summed E-state index contributed by atoms with van der Waals surface area (Å²) in [5, 5.41) is 0.548. The van der Waals surface area contributed by atoms with E-state index in [1.165, 1.54) is 6.07 Å². The Labute approximate surface area is 126 Å². The molecule has 0 spiro atoms. The minimum atomic E-state index is -0.356. The first-order valence-corrected chi connectivity index (χ1v) is 7.46. The van der Waals surface area contributed by atoms with Crippen LogP contribution in [0.15, 0.2) is 42.5 Å². The summed E-state index contributed by atoms with van der Waals surface area (Å²) < 4.78 is 24.5. The summed E-state index contributed by atoms with van der Waals surface area (Å²) in [5.74, 6) is 0.540. The van der Waals surface area contributed by atoms with Crippen molar-refractivity contribution >= 4 is 15.9 Å². The predicted molar refractivity (Wildman–Crippen MR) is 81.1 cm³/mol. The van der Waals surface area contributed by atoms with Crippen LogP contribution in [0.1, 0.15) is 11.1 Å². The van der Waals surface area contributed by atoms with E-state index < -0.39 is 0 Å². The SMILES string of the molecule is COCCc1ccc(Oc2c(F)cccc2CBr)cc1. The Hall–Kier alpha value is -1.39. The van der Waals surface area contributed by atoms with Gasteiger partial charge in [0.25, 0.3) is 0 Å². The molecule has 0 atom stereocenters. The molecule has 0 saturated heterocycles. The molecular weight excluding hydrogens is 323 g/mol. The van der Waals surface area contributed by atoms with Gasteiger partial charge in [-0.3, -0.25) is 0 Å². The zero-order valence-electron chi connectivity index (χ0n) is 11.2. The smallest absolute Gasteiger partial charge is 0.167 e. The topological polar surface area (TPSA) is 18.5 Å². The average Bonchev–Trinajstić information content (AvgIpc) is 2.48. The molecular formula is C16H16BrFO2. The van der Waals surface area contributed by atoms with Gasteiger partial charge in [0.1, 0.15) is 5.75 Å². The number of alkyl halides is 1. The molecule has 0 aliphatic heterocycles. The molecule has 4 heteroatoms. The molecule has 0 radical (unpaired) electrons. The highest BCUT2D eigenvalue weighted by Crippen LogP contribution is 2.30. The van der Waals surface area contributed by atoms with E-state index in [9.17, 15) is 4.39 Å². The third kappa shape index (κ3) is 3.81. The molecule has 0 amide bonds. The third-order valence-corrected chi connectivity index (χ3v) is 3.53. The van der Waals surface area contributed by atoms with Gasteiger partial charge in [0.15, 0.2) is 11.6 Å². The Morgan fingerprint density at radius 1 is 1.10 bits per heavy atom. The van der Waals surface area contributed by atoms with Crippen molar-refractivity contribution in [1.29, 1.82) is 0 Å². The first-order chi connectivity index (χ1) is 9.74. The summed E-state index contributed by atoms with van der Waals surface area (Å²) in [6.45, 7) is 0.682. The number of hydrogen-bond acceptors (Lipinski definition) is 2. The van der Waals surface area contributed by atoms with Crippen molar-refractivity contribution in [3.8, 4) is 11.5 Å². The Balaban J connectivity index is 2.14. The second-order valence-electron chi connectivity index (χ2n) is 4.35. The lowest BCUT2D eigenvalue weighted by atomic mass is 10.1. The van der Waals surface area contributed by atoms with Crippen LogP contribution in [-0.4, -0.2) is 13.7 Å². The van der Waals surface area contributed by atoms with Gasteiger partial charge in [-0.2, -0.15) is 0 Å². The van der Waals surface area contributed by atoms with Crippen molar-refractivity contribution in [2.75, 3.05) is 13.7 Å². The van der Waals surface area contributed by atoms with E-state index in [4.69, 9.17) is 9.47 Å². The van der Waals surface area contributed by atoms with Gasteiger partial charge in [-0.05, 0) is 30.2 Å². The lowest BCUT2D eigenvalue weighted by molar-refractivity contribution is 0.202. The lowest BCUT2D eigenvalue weighted by Gasteiger charge is -2.11. The Bertz CT molecular complexity index is 555. The summed E-state index contributed by atoms with van der Waals surface area (Å²) in [6, 6.07) is 12.5. The fourth-order valence-corrected chi connectivity index (χ4v) is 2.28. The Morgan fingerprint density at radius 3 is 2.50 bits per heavy atom. The molecule has 0 aliphatic carbocycles. The number of para-hydroxylation sites is 1. The lowest BCUT2D eigenvalue weighted by Crippen LogP contribution is -1.95. The third-order valence-electron chi connectivity index (χ3n) is 2.93. The molecule has 0 aliphatic rings. The summed E-state index contributed by atoms with van der Waals surface area (Å²) in [7, 11) is 1.68. The minimum Gasteiger partial charge on any atom is -0.454 e. The highest BCUT2D eigenvalue weighted by molar-refractivity contribution is 9.08. The maximum absolute atomic E-state index is 13.8. The molecule has 0 N–H and O–H groups in total. The number of ether oxygens (including phenoxy) is 2. The van der Waals surface area contributed by atoms with E-state index >= 15 is 0 Å². The van der Waals surface area contributed by atoms with Gasteiger partial charge in [0.2, 0.25) is 0 Å². The van der Waals surface area contributed by atoms with Crippen molar-refractivity contribution in [3.05, 3.63) is 59.4 Å². The molecule has 0 heterocycles. The average molecular weight is 339 g/mol. The van der Waals surface area contributed by atoms with Gasteiger partial charge in [0, 0.05) is 18.0 Å². The van der Waals surface area contributed by atoms with Crippen LogP contribution in [0.4, 0.5) is 4.39 Å². The molecule has 20 heavy (non-hydrogen) atoms. The molecule has 0 saturated carbocycles. The van der Waals surface area contributed by atoms with Crippen LogP contribution >= 0.6 is 15.9 Å². The molecule has 2 aromatic carbocycles. The maximum Gasteiger partial charge on any atom is 0.167 e. The summed E-state index contributed by atoms with van der Waals surface area (Å²) >= 11 is 3.34. The van der Waals surface area contributed by atoms with E-state index in [2.05, 4.69) is 15.9 Å². The predicted octanol–water partition coefficient (Wildman–Crippen LogP) is 4.70. The number of benzene rings is 2. The van der Waals surface area contributed by atoms with Crippen molar-refractivity contribution in [1.82, 2.24) is 0 Å². The highest BCUT2D eigenvalue weighted by Gasteiger charge is 2.10. The monoisotopic (exact) mass is 338 g/mol. The Kier molecular flexibility index (Phi) is 5.56. The van der Waals surface area contributed by atoms with Crippen LogP contribution in [0.3, 0.4) is 0 Å². The second-order valence-corrected chi connectivity index (χ2v) is 4.91. The van der Waals surface area contributed by atoms with E-state index in [1.54, 1.807) is 13.2 Å². The summed E-state index contributed by atoms with van der Waals surface area (Å²) in [4.78, 5) is 0. The highest BCUT2D eigenvalue weighted by atomic mass is 79.9. The van der Waals surface area contributed by atoms with Crippen molar-refractivity contribution < 1.29 is 13.9 Å². The molecule has 2 rings (SSSR count). The van der Waals surface area contributed by atoms with Crippen LogP contribution in [0.2, 0.25) is 0 Å². The normalized spacial score (nSPS) is 10.6.